The van der Waals surface area contributed by atoms with Crippen LogP contribution in [-0.4, -0.2) is 43.9 Å². The van der Waals surface area contributed by atoms with E-state index in [0.717, 1.165) is 49.9 Å². The molecule has 0 aliphatic carbocycles. The van der Waals surface area contributed by atoms with Gasteiger partial charge in [-0.15, -0.1) is 11.3 Å². The molecule has 0 amide bonds. The highest BCUT2D eigenvalue weighted by Crippen LogP contribution is 2.32. The first-order valence-corrected chi connectivity index (χ1v) is 20.0. The van der Waals surface area contributed by atoms with E-state index in [2.05, 4.69) is 29.6 Å². The Morgan fingerprint density at radius 2 is 1.07 bits per heavy atom. The lowest BCUT2D eigenvalue weighted by atomic mass is 10.1. The topological polar surface area (TPSA) is 124 Å². The second-order valence-electron chi connectivity index (χ2n) is 13.2. The van der Waals surface area contributed by atoms with Crippen molar-refractivity contribution in [2.24, 2.45) is 0 Å². The molecular weight excluding hydrogens is 781 g/mol. The average molecular weight is 815 g/mol. The molecule has 14 heteroatoms. The molecule has 0 saturated carbocycles. The average Bonchev–Trinajstić information content (AvgIpc) is 3.63. The minimum absolute atomic E-state index is 0.247. The zero-order valence-electron chi connectivity index (χ0n) is 29.8. The summed E-state index contributed by atoms with van der Waals surface area (Å²) >= 11 is 19.0. The van der Waals surface area contributed by atoms with Gasteiger partial charge < -0.3 is 0 Å². The molecule has 9 nitrogen and oxygen atoms in total. The van der Waals surface area contributed by atoms with Gasteiger partial charge in [0.1, 0.15) is 9.36 Å². The first-order chi connectivity index (χ1) is 25.6. The fraction of sp³-hybridized carbons (Fsp3) is 0.150. The van der Waals surface area contributed by atoms with Crippen molar-refractivity contribution in [3.8, 4) is 55.9 Å². The van der Waals surface area contributed by atoms with Gasteiger partial charge in [0.15, 0.2) is 11.6 Å². The maximum absolute atomic E-state index is 12.7. The van der Waals surface area contributed by atoms with Gasteiger partial charge in [0, 0.05) is 61.6 Å². The van der Waals surface area contributed by atoms with Crippen molar-refractivity contribution in [1.82, 2.24) is 34.6 Å². The molecular formula is C40H34Cl3N7O2S2. The predicted octanol–water partition coefficient (Wildman–Crippen LogP) is 10.8. The Labute approximate surface area is 333 Å². The third kappa shape index (κ3) is 10.1. The van der Waals surface area contributed by atoms with Crippen LogP contribution in [0.3, 0.4) is 0 Å². The van der Waals surface area contributed by atoms with Crippen molar-refractivity contribution in [2.45, 2.75) is 44.4 Å². The Hall–Kier alpha value is -4.62. The van der Waals surface area contributed by atoms with Crippen LogP contribution in [-0.2, 0) is 10.0 Å². The lowest BCUT2D eigenvalue weighted by Crippen LogP contribution is -2.40. The van der Waals surface area contributed by atoms with E-state index in [9.17, 15) is 8.42 Å². The number of halogens is 3. The summed E-state index contributed by atoms with van der Waals surface area (Å²) in [6, 6.07) is 29.6. The maximum Gasteiger partial charge on any atom is 0.250 e. The monoisotopic (exact) mass is 813 g/mol. The minimum Gasteiger partial charge on any atom is -0.255 e. The van der Waals surface area contributed by atoms with Gasteiger partial charge in [0.05, 0.1) is 22.0 Å². The summed E-state index contributed by atoms with van der Waals surface area (Å²) in [5.74, 6) is 1.20. The fourth-order valence-electron chi connectivity index (χ4n) is 5.23. The molecule has 0 aliphatic rings. The lowest BCUT2D eigenvalue weighted by Gasteiger charge is -2.19. The van der Waals surface area contributed by atoms with E-state index in [1.807, 2.05) is 113 Å². The summed E-state index contributed by atoms with van der Waals surface area (Å²) in [6.07, 6.45) is 3.32. The van der Waals surface area contributed by atoms with E-state index in [1.165, 1.54) is 11.3 Å². The van der Waals surface area contributed by atoms with Gasteiger partial charge in [-0.25, -0.2) is 38.1 Å². The van der Waals surface area contributed by atoms with Gasteiger partial charge in [-0.1, -0.05) is 59.1 Å². The molecule has 0 spiro atoms. The summed E-state index contributed by atoms with van der Waals surface area (Å²) in [6.45, 7) is 9.29. The summed E-state index contributed by atoms with van der Waals surface area (Å²) in [5.41, 5.74) is 7.04. The molecule has 0 saturated heterocycles. The normalized spacial score (nSPS) is 11.6. The van der Waals surface area contributed by atoms with Gasteiger partial charge in [-0.2, -0.15) is 0 Å². The first kappa shape index (κ1) is 39.1. The standard InChI is InChI=1S/C24H23ClN4O2S2.C16H11Cl2N3/c1-15-13-19(16-5-7-18(25)8-6-16)28-23(27-15)17-11-12-26-20(14-17)21-9-10-22(32-21)33(30,31)29-24(2,3)4;1-10-8-14(11-2-4-13(17)5-3-11)21-16(20-10)12-6-7-19-15(18)9-12/h5-14,29H,1-4H3;2-9H,1H3. The number of aromatic nitrogens is 6. The van der Waals surface area contributed by atoms with Gasteiger partial charge in [-0.3, -0.25) is 4.98 Å². The Kier molecular flexibility index (Phi) is 11.9. The molecule has 7 rings (SSSR count). The largest absolute Gasteiger partial charge is 0.255 e. The summed E-state index contributed by atoms with van der Waals surface area (Å²) in [4.78, 5) is 27.6. The highest BCUT2D eigenvalue weighted by Gasteiger charge is 2.24. The molecule has 54 heavy (non-hydrogen) atoms. The van der Waals surface area contributed by atoms with E-state index >= 15 is 0 Å². The number of aryl methyl sites for hydroxylation is 2. The molecule has 0 fully saturated rings. The Morgan fingerprint density at radius 1 is 0.574 bits per heavy atom. The van der Waals surface area contributed by atoms with E-state index in [1.54, 1.807) is 30.6 Å². The number of rotatable bonds is 7. The van der Waals surface area contributed by atoms with Crippen LogP contribution in [0.15, 0.2) is 114 Å². The first-order valence-electron chi connectivity index (χ1n) is 16.6. The highest BCUT2D eigenvalue weighted by atomic mass is 35.5. The summed E-state index contributed by atoms with van der Waals surface area (Å²) in [7, 11) is -3.61. The number of nitrogens with one attached hydrogen (secondary N) is 1. The van der Waals surface area contributed by atoms with Crippen LogP contribution in [0.4, 0.5) is 0 Å². The van der Waals surface area contributed by atoms with Gasteiger partial charge in [0.25, 0.3) is 10.0 Å². The smallest absolute Gasteiger partial charge is 0.250 e. The number of hydrogen-bond donors (Lipinski definition) is 1. The van der Waals surface area contributed by atoms with E-state index < -0.39 is 15.6 Å². The molecule has 0 bridgehead atoms. The molecule has 5 heterocycles. The van der Waals surface area contributed by atoms with Crippen LogP contribution >= 0.6 is 46.1 Å². The van der Waals surface area contributed by atoms with Crippen LogP contribution in [0, 0.1) is 13.8 Å². The molecule has 1 N–H and O–H groups in total. The molecule has 0 radical (unpaired) electrons. The van der Waals surface area contributed by atoms with Crippen LogP contribution in [0.5, 0.6) is 0 Å². The van der Waals surface area contributed by atoms with Crippen LogP contribution in [0.2, 0.25) is 15.2 Å². The molecule has 0 aliphatic heterocycles. The number of pyridine rings is 2. The fourth-order valence-corrected chi connectivity index (χ4v) is 8.35. The van der Waals surface area contributed by atoms with Crippen LogP contribution in [0.25, 0.3) is 55.9 Å². The van der Waals surface area contributed by atoms with Crippen molar-refractivity contribution >= 4 is 56.2 Å². The molecule has 5 aromatic heterocycles. The van der Waals surface area contributed by atoms with Crippen molar-refractivity contribution in [3.05, 3.63) is 136 Å². The molecule has 2 aromatic carbocycles. The molecule has 7 aromatic rings. The quantitative estimate of drug-likeness (QED) is 0.158. The van der Waals surface area contributed by atoms with Crippen LogP contribution in [0.1, 0.15) is 32.2 Å². The highest BCUT2D eigenvalue weighted by molar-refractivity contribution is 7.91. The summed E-state index contributed by atoms with van der Waals surface area (Å²) in [5, 5.41) is 1.79. The lowest BCUT2D eigenvalue weighted by molar-refractivity contribution is 0.492. The SMILES string of the molecule is Cc1cc(-c2ccc(Cl)cc2)nc(-c2ccnc(-c3ccc(S(=O)(=O)NC(C)(C)C)s3)c2)n1.Cc1cc(-c2ccc(Cl)cc2)nc(-c2ccnc(Cl)c2)n1. The Bertz CT molecular complexity index is 2540. The van der Waals surface area contributed by atoms with Crippen molar-refractivity contribution in [2.75, 3.05) is 0 Å². The van der Waals surface area contributed by atoms with Crippen molar-refractivity contribution in [1.29, 1.82) is 0 Å². The van der Waals surface area contributed by atoms with E-state index in [4.69, 9.17) is 39.8 Å². The number of benzene rings is 2. The van der Waals surface area contributed by atoms with Gasteiger partial charge in [-0.05, 0) is 107 Å². The number of thiophene rings is 1. The predicted molar refractivity (Wildman–Crippen MR) is 219 cm³/mol. The Balaban J connectivity index is 0.000000203. The third-order valence-corrected chi connectivity index (χ3v) is 11.6. The number of nitrogens with zero attached hydrogens (tertiary/aromatic N) is 6. The third-order valence-electron chi connectivity index (χ3n) is 7.53. The second kappa shape index (κ2) is 16.4. The van der Waals surface area contributed by atoms with E-state index in [-0.39, 0.29) is 4.21 Å². The van der Waals surface area contributed by atoms with Crippen LogP contribution < -0.4 is 4.72 Å². The second-order valence-corrected chi connectivity index (χ2v) is 17.5. The molecule has 274 valence electrons. The zero-order valence-corrected chi connectivity index (χ0v) is 33.7. The zero-order chi connectivity index (χ0) is 38.6. The van der Waals surface area contributed by atoms with E-state index in [0.29, 0.717) is 32.5 Å². The number of hydrogen-bond acceptors (Lipinski definition) is 9. The van der Waals surface area contributed by atoms with Crippen molar-refractivity contribution in [3.63, 3.8) is 0 Å². The number of sulfonamides is 1. The van der Waals surface area contributed by atoms with Gasteiger partial charge >= 0.3 is 0 Å². The van der Waals surface area contributed by atoms with Gasteiger partial charge in [0.2, 0.25) is 0 Å². The molecule has 0 unspecified atom stereocenters. The maximum atomic E-state index is 12.7. The van der Waals surface area contributed by atoms with Crippen molar-refractivity contribution < 1.29 is 8.42 Å². The molecule has 0 atom stereocenters. The summed E-state index contributed by atoms with van der Waals surface area (Å²) < 4.78 is 28.3. The Morgan fingerprint density at radius 3 is 1.57 bits per heavy atom. The minimum atomic E-state index is -3.61.